The summed E-state index contributed by atoms with van der Waals surface area (Å²) in [6.07, 6.45) is 5.37. The average Bonchev–Trinajstić information content (AvgIpc) is 3.31. The van der Waals surface area contributed by atoms with Crippen LogP contribution in [0.25, 0.3) is 11.3 Å². The fraction of sp³-hybridized carbons (Fsp3) is 0.333. The number of nitrogens with two attached hydrogens (primary N) is 1. The fourth-order valence-electron chi connectivity index (χ4n) is 4.04. The number of fused-ring (bicyclic) bond motifs is 1. The van der Waals surface area contributed by atoms with Gasteiger partial charge in [0.25, 0.3) is 0 Å². The molecule has 35 heavy (non-hydrogen) atoms. The molecule has 0 radical (unpaired) electrons. The number of rotatable bonds is 7. The Morgan fingerprint density at radius 2 is 2.06 bits per heavy atom. The minimum atomic E-state index is -0.905. The molecule has 10 nitrogen and oxygen atoms in total. The summed E-state index contributed by atoms with van der Waals surface area (Å²) in [5.74, 6) is -0.273. The number of ether oxygens (including phenoxy) is 1. The quantitative estimate of drug-likeness (QED) is 0.436. The molecule has 1 atom stereocenters. The first kappa shape index (κ1) is 23.8. The molecule has 1 fully saturated rings. The van der Waals surface area contributed by atoms with Crippen molar-refractivity contribution in [2.45, 2.75) is 31.9 Å². The third-order valence-corrected chi connectivity index (χ3v) is 5.97. The van der Waals surface area contributed by atoms with E-state index in [0.717, 1.165) is 24.7 Å². The zero-order chi connectivity index (χ0) is 24.9. The Hall–Kier alpha value is -4.35. The van der Waals surface area contributed by atoms with Gasteiger partial charge in [0.05, 0.1) is 30.4 Å². The minimum Gasteiger partial charge on any atom is -0.466 e. The molecule has 4 heterocycles. The van der Waals surface area contributed by atoms with Gasteiger partial charge < -0.3 is 25.8 Å². The second-order valence-electron chi connectivity index (χ2n) is 8.27. The Balaban J connectivity index is 1.67. The monoisotopic (exact) mass is 476 g/mol. The van der Waals surface area contributed by atoms with Gasteiger partial charge in [0, 0.05) is 36.5 Å². The number of aromatic nitrogens is 3. The summed E-state index contributed by atoms with van der Waals surface area (Å²) in [5.41, 5.74) is 9.36. The number of pyridine rings is 2. The summed E-state index contributed by atoms with van der Waals surface area (Å²) in [7, 11) is 0. The lowest BCUT2D eigenvalue weighted by Crippen LogP contribution is -2.40. The van der Waals surface area contributed by atoms with Crippen molar-refractivity contribution in [1.29, 1.82) is 10.5 Å². The number of hydrogen-bond donors (Lipinski definition) is 3. The summed E-state index contributed by atoms with van der Waals surface area (Å²) in [5, 5.41) is 31.9. The van der Waals surface area contributed by atoms with E-state index in [1.165, 1.54) is 22.7 Å². The molecule has 180 valence electrons. The minimum absolute atomic E-state index is 0.192. The molecule has 0 aliphatic carbocycles. The third kappa shape index (κ3) is 5.10. The summed E-state index contributed by atoms with van der Waals surface area (Å²) >= 11 is 0. The van der Waals surface area contributed by atoms with Gasteiger partial charge in [-0.25, -0.2) is 9.37 Å². The average molecular weight is 477 g/mol. The number of imidazole rings is 1. The number of piperidine rings is 1. The van der Waals surface area contributed by atoms with E-state index in [2.05, 4.69) is 27.5 Å². The van der Waals surface area contributed by atoms with E-state index in [4.69, 9.17) is 15.7 Å². The molecule has 0 saturated carbocycles. The second kappa shape index (κ2) is 10.3. The molecular weight excluding hydrogens is 451 g/mol. The Kier molecular flexibility index (Phi) is 6.99. The predicted octanol–water partition coefficient (Wildman–Crippen LogP) is 2.03. The maximum atomic E-state index is 13.3. The van der Waals surface area contributed by atoms with E-state index in [1.54, 1.807) is 17.0 Å². The van der Waals surface area contributed by atoms with Gasteiger partial charge in [0.2, 0.25) is 5.88 Å². The van der Waals surface area contributed by atoms with Crippen LogP contribution in [0, 0.1) is 28.6 Å². The zero-order valence-electron chi connectivity index (χ0n) is 19.1. The van der Waals surface area contributed by atoms with Crippen molar-refractivity contribution in [2.75, 3.05) is 19.7 Å². The first-order chi connectivity index (χ1) is 16.9. The summed E-state index contributed by atoms with van der Waals surface area (Å²) in [6, 6.07) is 8.34. The van der Waals surface area contributed by atoms with E-state index in [9.17, 15) is 14.8 Å². The molecule has 4 rings (SSSR count). The van der Waals surface area contributed by atoms with E-state index in [0.29, 0.717) is 35.7 Å². The van der Waals surface area contributed by atoms with Gasteiger partial charge in [-0.1, -0.05) is 0 Å². The maximum absolute atomic E-state index is 13.3. The van der Waals surface area contributed by atoms with Crippen LogP contribution in [0.5, 0.6) is 5.88 Å². The van der Waals surface area contributed by atoms with E-state index in [-0.39, 0.29) is 17.6 Å². The fourth-order valence-corrected chi connectivity index (χ4v) is 4.04. The van der Waals surface area contributed by atoms with Crippen molar-refractivity contribution < 1.29 is 14.2 Å². The summed E-state index contributed by atoms with van der Waals surface area (Å²) in [6.45, 7) is 2.84. The predicted molar refractivity (Wildman–Crippen MR) is 125 cm³/mol. The summed E-state index contributed by atoms with van der Waals surface area (Å²) < 4.78 is 20.9. The molecule has 1 saturated heterocycles. The second-order valence-corrected chi connectivity index (χ2v) is 8.27. The van der Waals surface area contributed by atoms with Gasteiger partial charge in [-0.15, -0.1) is 0 Å². The molecule has 0 bridgehead atoms. The SMILES string of the molecule is C/C(NC1CCN(C#N)CC1)=C(/N)c1cc(OC(CO)c2ccc(F)cn2)n2c(C#N)cnc2c1. The highest BCUT2D eigenvalue weighted by Gasteiger charge is 2.21. The molecule has 11 heteroatoms. The van der Waals surface area contributed by atoms with Crippen LogP contribution in [0.15, 0.2) is 42.4 Å². The maximum Gasteiger partial charge on any atom is 0.201 e. The molecule has 0 amide bonds. The van der Waals surface area contributed by atoms with Crippen LogP contribution in [-0.4, -0.2) is 50.1 Å². The van der Waals surface area contributed by atoms with Crippen LogP contribution in [0.2, 0.25) is 0 Å². The lowest BCUT2D eigenvalue weighted by atomic mass is 10.0. The molecule has 1 aliphatic heterocycles. The van der Waals surface area contributed by atoms with Gasteiger partial charge in [-0.2, -0.15) is 10.5 Å². The Morgan fingerprint density at radius 3 is 2.69 bits per heavy atom. The van der Waals surface area contributed by atoms with Crippen molar-refractivity contribution in [3.63, 3.8) is 0 Å². The van der Waals surface area contributed by atoms with Crippen LogP contribution >= 0.6 is 0 Å². The van der Waals surface area contributed by atoms with Gasteiger partial charge in [0.15, 0.2) is 12.3 Å². The number of halogens is 1. The highest BCUT2D eigenvalue weighted by Crippen LogP contribution is 2.28. The van der Waals surface area contributed by atoms with Gasteiger partial charge in [-0.3, -0.25) is 9.38 Å². The number of allylic oxidation sites excluding steroid dienone is 1. The number of nitriles is 2. The molecule has 0 aromatic carbocycles. The van der Waals surface area contributed by atoms with Crippen LogP contribution in [0.1, 0.15) is 42.8 Å². The Bertz CT molecular complexity index is 1310. The van der Waals surface area contributed by atoms with Crippen LogP contribution in [0.4, 0.5) is 4.39 Å². The largest absolute Gasteiger partial charge is 0.466 e. The highest BCUT2D eigenvalue weighted by molar-refractivity contribution is 5.70. The zero-order valence-corrected chi connectivity index (χ0v) is 19.1. The number of nitrogens with zero attached hydrogens (tertiary/aromatic N) is 6. The van der Waals surface area contributed by atoms with Crippen molar-refractivity contribution in [3.8, 4) is 18.1 Å². The van der Waals surface area contributed by atoms with Crippen molar-refractivity contribution >= 4 is 11.3 Å². The third-order valence-electron chi connectivity index (χ3n) is 5.97. The number of aliphatic hydroxyl groups is 1. The van der Waals surface area contributed by atoms with Crippen LogP contribution < -0.4 is 15.8 Å². The summed E-state index contributed by atoms with van der Waals surface area (Å²) in [4.78, 5) is 10.0. The van der Waals surface area contributed by atoms with Crippen LogP contribution in [0.3, 0.4) is 0 Å². The van der Waals surface area contributed by atoms with Crippen LogP contribution in [-0.2, 0) is 0 Å². The lowest BCUT2D eigenvalue weighted by molar-refractivity contribution is 0.107. The molecule has 3 aromatic heterocycles. The van der Waals surface area contributed by atoms with Crippen molar-refractivity contribution in [1.82, 2.24) is 24.6 Å². The molecule has 3 aromatic rings. The molecular formula is C24H25FN8O2. The first-order valence-corrected chi connectivity index (χ1v) is 11.1. The lowest BCUT2D eigenvalue weighted by Gasteiger charge is -2.30. The normalized spacial score (nSPS) is 15.7. The molecule has 4 N–H and O–H groups in total. The first-order valence-electron chi connectivity index (χ1n) is 11.1. The number of likely N-dealkylation sites (tertiary alicyclic amines) is 1. The topological polar surface area (TPSA) is 149 Å². The number of aliphatic hydroxyl groups excluding tert-OH is 1. The van der Waals surface area contributed by atoms with Crippen molar-refractivity contribution in [3.05, 3.63) is 65.1 Å². The number of nitrogens with one attached hydrogen (secondary N) is 1. The van der Waals surface area contributed by atoms with Crippen molar-refractivity contribution in [2.24, 2.45) is 5.73 Å². The molecule has 0 spiro atoms. The smallest absolute Gasteiger partial charge is 0.201 e. The van der Waals surface area contributed by atoms with Gasteiger partial charge in [-0.05, 0) is 38.0 Å². The van der Waals surface area contributed by atoms with Gasteiger partial charge in [0.1, 0.15) is 23.2 Å². The Labute approximate surface area is 201 Å². The van der Waals surface area contributed by atoms with E-state index >= 15 is 0 Å². The Morgan fingerprint density at radius 1 is 1.29 bits per heavy atom. The molecule has 1 aliphatic rings. The van der Waals surface area contributed by atoms with E-state index < -0.39 is 18.5 Å². The molecule has 1 unspecified atom stereocenters. The number of hydrogen-bond acceptors (Lipinski definition) is 9. The van der Waals surface area contributed by atoms with E-state index in [1.807, 2.05) is 6.92 Å². The standard InChI is InChI=1S/C24H25FN8O2/c1-15(31-18-4-6-32(14-27)7-5-18)24(28)16-8-22-30-12-19(10-26)33(22)23(9-16)35-21(13-34)20-3-2-17(25)11-29-20/h2-3,8-9,11-12,18,21,31,34H,4-7,13,28H2,1H3/b24-15-. The van der Waals surface area contributed by atoms with Gasteiger partial charge >= 0.3 is 0 Å². The highest BCUT2D eigenvalue weighted by atomic mass is 19.1.